The number of benzene rings is 2. The van der Waals surface area contributed by atoms with Gasteiger partial charge >= 0.3 is 7.60 Å². The average Bonchev–Trinajstić information content (AvgIpc) is 2.44. The topological polar surface area (TPSA) is 60.8 Å². The molecule has 0 radical (unpaired) electrons. The van der Waals surface area contributed by atoms with Crippen LogP contribution in [0.25, 0.3) is 0 Å². The Morgan fingerprint density at radius 1 is 0.857 bits per heavy atom. The summed E-state index contributed by atoms with van der Waals surface area (Å²) < 4.78 is 12.0. The van der Waals surface area contributed by atoms with Gasteiger partial charge in [-0.2, -0.15) is 0 Å². The summed E-state index contributed by atoms with van der Waals surface area (Å²) in [5.74, 6) is -1.10. The number of para-hydroxylation sites is 2. The maximum Gasteiger partial charge on any atom is 0.348 e. The van der Waals surface area contributed by atoms with E-state index in [4.69, 9.17) is 0 Å². The van der Waals surface area contributed by atoms with Crippen molar-refractivity contribution in [3.63, 3.8) is 0 Å². The van der Waals surface area contributed by atoms with Gasteiger partial charge in [0.05, 0.1) is 0 Å². The highest BCUT2D eigenvalue weighted by Gasteiger charge is 2.38. The maximum atomic E-state index is 12.0. The molecule has 0 unspecified atom stereocenters. The lowest BCUT2D eigenvalue weighted by Gasteiger charge is -2.36. The van der Waals surface area contributed by atoms with Gasteiger partial charge in [0, 0.05) is 11.4 Å². The molecular weight excluding hydrogens is 285 g/mol. The second kappa shape index (κ2) is 6.44. The quantitative estimate of drug-likeness (QED) is 0.820. The Hall–Kier alpha value is -1.61. The van der Waals surface area contributed by atoms with Gasteiger partial charge < -0.3 is 14.7 Å². The molecule has 2 aromatic rings. The van der Waals surface area contributed by atoms with Crippen LogP contribution in [0.15, 0.2) is 60.7 Å². The van der Waals surface area contributed by atoms with E-state index in [1.807, 2.05) is 74.5 Å². The molecule has 0 saturated carbocycles. The number of hydrogen-bond donors (Lipinski definition) is 2. The molecule has 1 atom stereocenters. The predicted molar refractivity (Wildman–Crippen MR) is 85.7 cm³/mol. The van der Waals surface area contributed by atoms with Crippen LogP contribution >= 0.6 is 7.60 Å². The third-order valence-corrected chi connectivity index (χ3v) is 4.79. The summed E-state index contributed by atoms with van der Waals surface area (Å²) in [4.78, 5) is 21.3. The summed E-state index contributed by atoms with van der Waals surface area (Å²) >= 11 is 0. The fraction of sp³-hybridized carbons (Fsp3) is 0.250. The number of anilines is 2. The fourth-order valence-corrected chi connectivity index (χ4v) is 3.81. The molecule has 2 rings (SSSR count). The van der Waals surface area contributed by atoms with Crippen molar-refractivity contribution in [3.8, 4) is 0 Å². The summed E-state index contributed by atoms with van der Waals surface area (Å²) in [6.45, 7) is 3.64. The van der Waals surface area contributed by atoms with Crippen LogP contribution in [0.3, 0.4) is 0 Å². The molecule has 0 spiro atoms. The normalized spacial score (nSPS) is 13.2. The second-order valence-corrected chi connectivity index (χ2v) is 7.00. The summed E-state index contributed by atoms with van der Waals surface area (Å²) in [5, 5.41) is 0. The summed E-state index contributed by atoms with van der Waals surface area (Å²) in [5.41, 5.74) is 1.54. The van der Waals surface area contributed by atoms with Crippen LogP contribution in [0, 0.1) is 5.92 Å². The van der Waals surface area contributed by atoms with Gasteiger partial charge in [-0.25, -0.2) is 0 Å². The van der Waals surface area contributed by atoms with Gasteiger partial charge in [-0.15, -0.1) is 0 Å². The van der Waals surface area contributed by atoms with E-state index in [0.717, 1.165) is 11.4 Å². The predicted octanol–water partition coefficient (Wildman–Crippen LogP) is 3.98. The average molecular weight is 305 g/mol. The first kappa shape index (κ1) is 15.8. The Bertz CT molecular complexity index is 570. The van der Waals surface area contributed by atoms with Crippen LogP contribution < -0.4 is 4.90 Å². The fourth-order valence-electron chi connectivity index (χ4n) is 2.47. The molecule has 2 aromatic carbocycles. The zero-order chi connectivity index (χ0) is 15.5. The highest BCUT2D eigenvalue weighted by molar-refractivity contribution is 7.52. The Morgan fingerprint density at radius 3 is 1.52 bits per heavy atom. The lowest BCUT2D eigenvalue weighted by molar-refractivity contribution is 0.342. The van der Waals surface area contributed by atoms with Crippen LogP contribution in [0.2, 0.25) is 0 Å². The van der Waals surface area contributed by atoms with E-state index in [2.05, 4.69) is 0 Å². The van der Waals surface area contributed by atoms with Crippen molar-refractivity contribution >= 4 is 19.0 Å². The molecule has 0 amide bonds. The summed E-state index contributed by atoms with van der Waals surface area (Å²) in [6, 6.07) is 18.7. The lowest BCUT2D eigenvalue weighted by atomic mass is 10.1. The first-order valence-corrected chi connectivity index (χ1v) is 8.54. The van der Waals surface area contributed by atoms with Crippen molar-refractivity contribution in [1.29, 1.82) is 0 Å². The first-order valence-electron chi connectivity index (χ1n) is 6.86. The monoisotopic (exact) mass is 305 g/mol. The van der Waals surface area contributed by atoms with Crippen molar-refractivity contribution in [2.75, 3.05) is 4.90 Å². The molecule has 0 aliphatic rings. The highest BCUT2D eigenvalue weighted by atomic mass is 31.2. The zero-order valence-corrected chi connectivity index (χ0v) is 13.0. The summed E-state index contributed by atoms with van der Waals surface area (Å²) in [7, 11) is -4.29. The largest absolute Gasteiger partial charge is 0.348 e. The van der Waals surface area contributed by atoms with Crippen molar-refractivity contribution in [1.82, 2.24) is 0 Å². The SMILES string of the molecule is CC(C)[C@H](N(c1ccccc1)c1ccccc1)P(=O)(O)O. The van der Waals surface area contributed by atoms with Gasteiger partial charge in [-0.05, 0) is 30.2 Å². The molecular formula is C16H20NO3P. The number of nitrogens with zero attached hydrogens (tertiary/aromatic N) is 1. The molecule has 2 N–H and O–H groups in total. The van der Waals surface area contributed by atoms with Gasteiger partial charge in [0.1, 0.15) is 5.78 Å². The molecule has 0 heterocycles. The minimum absolute atomic E-state index is 0.203. The van der Waals surface area contributed by atoms with Crippen LogP contribution in [0.5, 0.6) is 0 Å². The third-order valence-electron chi connectivity index (χ3n) is 3.27. The van der Waals surface area contributed by atoms with Crippen molar-refractivity contribution in [2.45, 2.75) is 19.6 Å². The van der Waals surface area contributed by atoms with Crippen molar-refractivity contribution in [2.24, 2.45) is 5.92 Å². The smallest absolute Gasteiger partial charge is 0.326 e. The van der Waals surface area contributed by atoms with E-state index in [1.165, 1.54) is 0 Å². The highest BCUT2D eigenvalue weighted by Crippen LogP contribution is 2.50. The molecule has 112 valence electrons. The Labute approximate surface area is 125 Å². The minimum Gasteiger partial charge on any atom is -0.326 e. The van der Waals surface area contributed by atoms with Crippen LogP contribution in [0.1, 0.15) is 13.8 Å². The van der Waals surface area contributed by atoms with E-state index < -0.39 is 13.4 Å². The van der Waals surface area contributed by atoms with E-state index in [1.54, 1.807) is 4.90 Å². The van der Waals surface area contributed by atoms with Crippen LogP contribution in [0.4, 0.5) is 11.4 Å². The molecule has 0 saturated heterocycles. The minimum atomic E-state index is -4.29. The standard InChI is InChI=1S/C16H20NO3P/c1-13(2)16(21(18,19)20)17(14-9-5-3-6-10-14)15-11-7-4-8-12-15/h3-13,16H,1-2H3,(H2,18,19,20)/t16-/m1/s1. The third kappa shape index (κ3) is 3.73. The molecule has 0 bridgehead atoms. The molecule has 5 heteroatoms. The summed E-state index contributed by atoms with van der Waals surface area (Å²) in [6.07, 6.45) is 0. The Kier molecular flexibility index (Phi) is 4.84. The second-order valence-electron chi connectivity index (χ2n) is 5.29. The lowest BCUT2D eigenvalue weighted by Crippen LogP contribution is -2.35. The zero-order valence-electron chi connectivity index (χ0n) is 12.1. The van der Waals surface area contributed by atoms with Gasteiger partial charge in [0.2, 0.25) is 0 Å². The van der Waals surface area contributed by atoms with Gasteiger partial charge in [0.15, 0.2) is 0 Å². The van der Waals surface area contributed by atoms with E-state index in [-0.39, 0.29) is 5.92 Å². The van der Waals surface area contributed by atoms with E-state index >= 15 is 0 Å². The van der Waals surface area contributed by atoms with Crippen molar-refractivity contribution in [3.05, 3.63) is 60.7 Å². The Balaban J connectivity index is 2.58. The molecule has 21 heavy (non-hydrogen) atoms. The molecule has 0 fully saturated rings. The molecule has 0 aliphatic carbocycles. The molecule has 0 aliphatic heterocycles. The van der Waals surface area contributed by atoms with Crippen molar-refractivity contribution < 1.29 is 14.4 Å². The Morgan fingerprint density at radius 2 is 1.24 bits per heavy atom. The number of rotatable bonds is 5. The van der Waals surface area contributed by atoms with E-state index in [0.29, 0.717) is 0 Å². The van der Waals surface area contributed by atoms with E-state index in [9.17, 15) is 14.4 Å². The first-order chi connectivity index (χ1) is 9.91. The maximum absolute atomic E-state index is 12.0. The van der Waals surface area contributed by atoms with Crippen LogP contribution in [-0.2, 0) is 4.57 Å². The van der Waals surface area contributed by atoms with Gasteiger partial charge in [-0.3, -0.25) is 4.57 Å². The number of hydrogen-bond acceptors (Lipinski definition) is 2. The molecule has 4 nitrogen and oxygen atoms in total. The van der Waals surface area contributed by atoms with Crippen LogP contribution in [-0.4, -0.2) is 15.6 Å². The van der Waals surface area contributed by atoms with Gasteiger partial charge in [0.25, 0.3) is 0 Å². The van der Waals surface area contributed by atoms with Gasteiger partial charge in [-0.1, -0.05) is 50.2 Å². The molecule has 0 aromatic heterocycles.